The summed E-state index contributed by atoms with van der Waals surface area (Å²) in [5.41, 5.74) is 0.842. The van der Waals surface area contributed by atoms with Crippen LogP contribution in [0.3, 0.4) is 0 Å². The molecule has 0 bridgehead atoms. The number of nitrogens with zero attached hydrogens (tertiary/aromatic N) is 1. The maximum atomic E-state index is 10.2. The fourth-order valence-corrected chi connectivity index (χ4v) is 2.02. The second kappa shape index (κ2) is 6.03. The lowest BCUT2D eigenvalue weighted by Crippen LogP contribution is -2.39. The molecule has 0 aliphatic carbocycles. The summed E-state index contributed by atoms with van der Waals surface area (Å²) in [7, 11) is 0. The zero-order valence-corrected chi connectivity index (χ0v) is 11.1. The number of aliphatic hydroxyl groups excluding tert-OH is 1. The van der Waals surface area contributed by atoms with Crippen molar-refractivity contribution >= 4 is 0 Å². The van der Waals surface area contributed by atoms with E-state index in [9.17, 15) is 10.2 Å². The summed E-state index contributed by atoms with van der Waals surface area (Å²) in [4.78, 5) is 2.25. The molecule has 0 fully saturated rings. The Kier molecular flexibility index (Phi) is 4.97. The van der Waals surface area contributed by atoms with Crippen molar-refractivity contribution < 1.29 is 10.2 Å². The molecule has 0 aliphatic rings. The average Bonchev–Trinajstić information content (AvgIpc) is 2.25. The Bertz CT molecular complexity index is 325. The fraction of sp³-hybridized carbons (Fsp3) is 0.571. The standard InChI is InChI=1S/C14H23NO2/c1-10(2)15(11(3)4)9-14(17)12-5-7-13(16)8-6-12/h5-8,10-11,14,16-17H,9H2,1-4H3. The fourth-order valence-electron chi connectivity index (χ4n) is 2.02. The molecule has 1 aromatic carbocycles. The third-order valence-corrected chi connectivity index (χ3v) is 2.99. The van der Waals surface area contributed by atoms with E-state index < -0.39 is 6.10 Å². The molecule has 2 N–H and O–H groups in total. The maximum Gasteiger partial charge on any atom is 0.115 e. The minimum Gasteiger partial charge on any atom is -0.508 e. The van der Waals surface area contributed by atoms with E-state index in [-0.39, 0.29) is 5.75 Å². The van der Waals surface area contributed by atoms with E-state index in [0.29, 0.717) is 18.6 Å². The molecule has 0 aliphatic heterocycles. The second-order valence-electron chi connectivity index (χ2n) is 4.99. The Hall–Kier alpha value is -1.06. The van der Waals surface area contributed by atoms with Gasteiger partial charge in [0.1, 0.15) is 5.75 Å². The summed E-state index contributed by atoms with van der Waals surface area (Å²) in [5, 5.41) is 19.4. The van der Waals surface area contributed by atoms with Gasteiger partial charge in [0.25, 0.3) is 0 Å². The van der Waals surface area contributed by atoms with Gasteiger partial charge in [0.2, 0.25) is 0 Å². The summed E-state index contributed by atoms with van der Waals surface area (Å²) in [6.07, 6.45) is -0.514. The predicted molar refractivity (Wildman–Crippen MR) is 70.0 cm³/mol. The molecule has 0 saturated carbocycles. The molecule has 0 radical (unpaired) electrons. The molecule has 0 amide bonds. The molecule has 96 valence electrons. The zero-order chi connectivity index (χ0) is 13.0. The van der Waals surface area contributed by atoms with Gasteiger partial charge in [-0.25, -0.2) is 0 Å². The van der Waals surface area contributed by atoms with Crippen molar-refractivity contribution in [2.45, 2.75) is 45.9 Å². The van der Waals surface area contributed by atoms with Crippen molar-refractivity contribution in [2.75, 3.05) is 6.54 Å². The van der Waals surface area contributed by atoms with E-state index in [2.05, 4.69) is 32.6 Å². The van der Waals surface area contributed by atoms with Crippen LogP contribution in [-0.4, -0.2) is 33.7 Å². The number of benzene rings is 1. The third-order valence-electron chi connectivity index (χ3n) is 2.99. The van der Waals surface area contributed by atoms with Crippen molar-refractivity contribution in [1.29, 1.82) is 0 Å². The molecule has 0 aromatic heterocycles. The molecule has 17 heavy (non-hydrogen) atoms. The molecule has 1 aromatic rings. The van der Waals surface area contributed by atoms with Crippen LogP contribution in [0.4, 0.5) is 0 Å². The number of aliphatic hydroxyl groups is 1. The van der Waals surface area contributed by atoms with E-state index in [1.807, 2.05) is 0 Å². The molecule has 1 atom stereocenters. The van der Waals surface area contributed by atoms with Crippen molar-refractivity contribution in [3.05, 3.63) is 29.8 Å². The van der Waals surface area contributed by atoms with Gasteiger partial charge >= 0.3 is 0 Å². The van der Waals surface area contributed by atoms with E-state index >= 15 is 0 Å². The first-order valence-electron chi connectivity index (χ1n) is 6.14. The predicted octanol–water partition coefficient (Wildman–Crippen LogP) is 2.54. The van der Waals surface area contributed by atoms with Gasteiger partial charge in [0, 0.05) is 18.6 Å². The molecule has 1 unspecified atom stereocenters. The first-order chi connectivity index (χ1) is 7.91. The normalized spacial score (nSPS) is 13.6. The Morgan fingerprint density at radius 1 is 1.00 bits per heavy atom. The largest absolute Gasteiger partial charge is 0.508 e. The van der Waals surface area contributed by atoms with Gasteiger partial charge in [-0.15, -0.1) is 0 Å². The Balaban J connectivity index is 2.70. The van der Waals surface area contributed by atoms with Crippen LogP contribution in [0, 0.1) is 0 Å². The van der Waals surface area contributed by atoms with Gasteiger partial charge < -0.3 is 10.2 Å². The van der Waals surface area contributed by atoms with E-state index in [0.717, 1.165) is 5.56 Å². The second-order valence-corrected chi connectivity index (χ2v) is 4.99. The first kappa shape index (κ1) is 14.0. The summed E-state index contributed by atoms with van der Waals surface area (Å²) >= 11 is 0. The summed E-state index contributed by atoms with van der Waals surface area (Å²) < 4.78 is 0. The van der Waals surface area contributed by atoms with Crippen molar-refractivity contribution in [3.8, 4) is 5.75 Å². The van der Waals surface area contributed by atoms with Crippen LogP contribution in [-0.2, 0) is 0 Å². The Morgan fingerprint density at radius 3 is 1.88 bits per heavy atom. The first-order valence-corrected chi connectivity index (χ1v) is 6.14. The van der Waals surface area contributed by atoms with E-state index in [1.165, 1.54) is 0 Å². The summed E-state index contributed by atoms with van der Waals surface area (Å²) in [6, 6.07) is 7.54. The monoisotopic (exact) mass is 237 g/mol. The van der Waals surface area contributed by atoms with Gasteiger partial charge in [-0.05, 0) is 45.4 Å². The average molecular weight is 237 g/mol. The SMILES string of the molecule is CC(C)N(CC(O)c1ccc(O)cc1)C(C)C. The lowest BCUT2D eigenvalue weighted by Gasteiger charge is -2.32. The third kappa shape index (κ3) is 4.02. The Labute approximate surface area is 104 Å². The molecular weight excluding hydrogens is 214 g/mol. The molecular formula is C14H23NO2. The van der Waals surface area contributed by atoms with Crippen molar-refractivity contribution in [1.82, 2.24) is 4.90 Å². The van der Waals surface area contributed by atoms with Crippen LogP contribution in [0.25, 0.3) is 0 Å². The van der Waals surface area contributed by atoms with Crippen LogP contribution in [0.15, 0.2) is 24.3 Å². The van der Waals surface area contributed by atoms with Gasteiger partial charge in [-0.3, -0.25) is 4.90 Å². The highest BCUT2D eigenvalue weighted by atomic mass is 16.3. The van der Waals surface area contributed by atoms with Crippen LogP contribution in [0.5, 0.6) is 5.75 Å². The molecule has 0 saturated heterocycles. The number of phenols is 1. The number of rotatable bonds is 5. The Morgan fingerprint density at radius 2 is 1.47 bits per heavy atom. The topological polar surface area (TPSA) is 43.7 Å². The minimum atomic E-state index is -0.514. The highest BCUT2D eigenvalue weighted by Crippen LogP contribution is 2.19. The molecule has 1 rings (SSSR count). The minimum absolute atomic E-state index is 0.227. The highest BCUT2D eigenvalue weighted by molar-refractivity contribution is 5.27. The lowest BCUT2D eigenvalue weighted by atomic mass is 10.1. The van der Waals surface area contributed by atoms with Gasteiger partial charge in [0.05, 0.1) is 6.10 Å². The van der Waals surface area contributed by atoms with Crippen LogP contribution >= 0.6 is 0 Å². The van der Waals surface area contributed by atoms with Gasteiger partial charge in [-0.1, -0.05) is 12.1 Å². The highest BCUT2D eigenvalue weighted by Gasteiger charge is 2.18. The number of aromatic hydroxyl groups is 1. The van der Waals surface area contributed by atoms with Gasteiger partial charge in [-0.2, -0.15) is 0 Å². The molecule has 3 heteroatoms. The lowest BCUT2D eigenvalue weighted by molar-refractivity contribution is 0.0756. The van der Waals surface area contributed by atoms with Crippen LogP contribution < -0.4 is 0 Å². The van der Waals surface area contributed by atoms with Crippen LogP contribution in [0.2, 0.25) is 0 Å². The summed E-state index contributed by atoms with van der Waals surface area (Å²) in [6.45, 7) is 9.13. The van der Waals surface area contributed by atoms with Crippen LogP contribution in [0.1, 0.15) is 39.4 Å². The number of hydrogen-bond acceptors (Lipinski definition) is 3. The summed E-state index contributed by atoms with van der Waals surface area (Å²) in [5.74, 6) is 0.227. The van der Waals surface area contributed by atoms with Gasteiger partial charge in [0.15, 0.2) is 0 Å². The maximum absolute atomic E-state index is 10.2. The van der Waals surface area contributed by atoms with E-state index in [4.69, 9.17) is 0 Å². The molecule has 0 heterocycles. The van der Waals surface area contributed by atoms with E-state index in [1.54, 1.807) is 24.3 Å². The number of hydrogen-bond donors (Lipinski definition) is 2. The smallest absolute Gasteiger partial charge is 0.115 e. The van der Waals surface area contributed by atoms with Crippen molar-refractivity contribution in [3.63, 3.8) is 0 Å². The number of phenolic OH excluding ortho intramolecular Hbond substituents is 1. The zero-order valence-electron chi connectivity index (χ0n) is 11.1. The van der Waals surface area contributed by atoms with Crippen molar-refractivity contribution in [2.24, 2.45) is 0 Å². The molecule has 0 spiro atoms. The molecule has 3 nitrogen and oxygen atoms in total. The quantitative estimate of drug-likeness (QED) is 0.827.